The molecule has 1 N–H and O–H groups in total. The summed E-state index contributed by atoms with van der Waals surface area (Å²) < 4.78 is 0. The van der Waals surface area contributed by atoms with Crippen molar-refractivity contribution in [3.8, 4) is 0 Å². The second kappa shape index (κ2) is 7.40. The van der Waals surface area contributed by atoms with E-state index >= 15 is 0 Å². The van der Waals surface area contributed by atoms with Gasteiger partial charge >= 0.3 is 5.97 Å². The molecule has 1 saturated heterocycles. The molecule has 0 saturated carbocycles. The van der Waals surface area contributed by atoms with Gasteiger partial charge in [-0.15, -0.1) is 0 Å². The molecule has 2 heterocycles. The first-order valence-corrected chi connectivity index (χ1v) is 8.16. The molecule has 7 nitrogen and oxygen atoms in total. The Morgan fingerprint density at radius 1 is 1.04 bits per heavy atom. The predicted molar refractivity (Wildman–Crippen MR) is 91.4 cm³/mol. The molecular formula is C18H20N4O3. The summed E-state index contributed by atoms with van der Waals surface area (Å²) in [5.41, 5.74) is 2.15. The van der Waals surface area contributed by atoms with Crippen LogP contribution in [0.2, 0.25) is 0 Å². The van der Waals surface area contributed by atoms with Gasteiger partial charge in [-0.3, -0.25) is 9.69 Å². The quantitative estimate of drug-likeness (QED) is 0.906. The molecule has 130 valence electrons. The molecule has 0 spiro atoms. The number of carboxylic acid groups (broad SMARTS) is 1. The van der Waals surface area contributed by atoms with Crippen LogP contribution in [-0.4, -0.2) is 62.9 Å². The molecule has 1 aromatic heterocycles. The van der Waals surface area contributed by atoms with Crippen molar-refractivity contribution < 1.29 is 14.7 Å². The number of hydrogen-bond donors (Lipinski definition) is 1. The zero-order valence-electron chi connectivity index (χ0n) is 14.1. The van der Waals surface area contributed by atoms with E-state index in [1.807, 2.05) is 12.1 Å². The van der Waals surface area contributed by atoms with Crippen LogP contribution in [-0.2, 0) is 6.54 Å². The molecule has 2 aromatic rings. The van der Waals surface area contributed by atoms with E-state index in [1.54, 1.807) is 4.90 Å². The lowest BCUT2D eigenvalue weighted by atomic mass is 10.1. The van der Waals surface area contributed by atoms with Crippen molar-refractivity contribution in [1.82, 2.24) is 19.8 Å². The summed E-state index contributed by atoms with van der Waals surface area (Å²) in [6.07, 6.45) is 2.62. The Kier molecular flexibility index (Phi) is 5.04. The van der Waals surface area contributed by atoms with Gasteiger partial charge in [-0.2, -0.15) is 0 Å². The van der Waals surface area contributed by atoms with Gasteiger partial charge in [-0.25, -0.2) is 14.8 Å². The standard InChI is InChI=1S/C18H20N4O3/c1-13-4-2-3-5-14(13)12-21-8-10-22(11-9-21)17(23)15-16(18(24)25)20-7-6-19-15/h2-7H,8-12H2,1H3,(H,24,25). The van der Waals surface area contributed by atoms with Crippen molar-refractivity contribution in [1.29, 1.82) is 0 Å². The highest BCUT2D eigenvalue weighted by molar-refractivity contribution is 6.02. The minimum absolute atomic E-state index is 0.0950. The lowest BCUT2D eigenvalue weighted by Crippen LogP contribution is -2.48. The van der Waals surface area contributed by atoms with E-state index in [0.717, 1.165) is 19.6 Å². The third-order valence-electron chi connectivity index (χ3n) is 4.42. The molecule has 0 bridgehead atoms. The van der Waals surface area contributed by atoms with Crippen molar-refractivity contribution in [2.24, 2.45) is 0 Å². The van der Waals surface area contributed by atoms with Gasteiger partial charge in [-0.05, 0) is 18.1 Å². The number of carboxylic acids is 1. The Hall–Kier alpha value is -2.80. The molecule has 25 heavy (non-hydrogen) atoms. The van der Waals surface area contributed by atoms with Crippen LogP contribution in [0.4, 0.5) is 0 Å². The van der Waals surface area contributed by atoms with Gasteiger partial charge < -0.3 is 10.0 Å². The lowest BCUT2D eigenvalue weighted by Gasteiger charge is -2.34. The highest BCUT2D eigenvalue weighted by Gasteiger charge is 2.27. The summed E-state index contributed by atoms with van der Waals surface area (Å²) in [5, 5.41) is 9.16. The Labute approximate surface area is 145 Å². The van der Waals surface area contributed by atoms with Crippen molar-refractivity contribution in [2.45, 2.75) is 13.5 Å². The topological polar surface area (TPSA) is 86.6 Å². The summed E-state index contributed by atoms with van der Waals surface area (Å²) in [7, 11) is 0. The number of carbonyl (C=O) groups is 2. The number of hydrogen-bond acceptors (Lipinski definition) is 5. The van der Waals surface area contributed by atoms with Crippen molar-refractivity contribution in [3.63, 3.8) is 0 Å². The third kappa shape index (κ3) is 3.83. The highest BCUT2D eigenvalue weighted by atomic mass is 16.4. The van der Waals surface area contributed by atoms with Crippen LogP contribution in [0.25, 0.3) is 0 Å². The third-order valence-corrected chi connectivity index (χ3v) is 4.42. The predicted octanol–water partition coefficient (Wildman–Crippen LogP) is 1.44. The first kappa shape index (κ1) is 17.0. The Balaban J connectivity index is 1.64. The zero-order chi connectivity index (χ0) is 17.8. The van der Waals surface area contributed by atoms with E-state index in [9.17, 15) is 9.59 Å². The van der Waals surface area contributed by atoms with Gasteiger partial charge in [0.2, 0.25) is 0 Å². The summed E-state index contributed by atoms with van der Waals surface area (Å²) in [6.45, 7) is 5.50. The minimum Gasteiger partial charge on any atom is -0.476 e. The fourth-order valence-electron chi connectivity index (χ4n) is 2.94. The van der Waals surface area contributed by atoms with Crippen LogP contribution in [0.5, 0.6) is 0 Å². The molecule has 1 fully saturated rings. The van der Waals surface area contributed by atoms with E-state index in [1.165, 1.54) is 23.5 Å². The Bertz CT molecular complexity index is 785. The second-order valence-electron chi connectivity index (χ2n) is 6.05. The molecule has 0 unspecified atom stereocenters. The van der Waals surface area contributed by atoms with Crippen molar-refractivity contribution in [2.75, 3.05) is 26.2 Å². The largest absolute Gasteiger partial charge is 0.476 e. The number of aromatic carboxylic acids is 1. The van der Waals surface area contributed by atoms with Gasteiger partial charge in [0, 0.05) is 45.1 Å². The molecule has 7 heteroatoms. The normalized spacial score (nSPS) is 15.2. The number of benzene rings is 1. The lowest BCUT2D eigenvalue weighted by molar-refractivity contribution is 0.0600. The molecule has 3 rings (SSSR count). The van der Waals surface area contributed by atoms with Gasteiger partial charge in [0.05, 0.1) is 0 Å². The van der Waals surface area contributed by atoms with Gasteiger partial charge in [0.1, 0.15) is 0 Å². The SMILES string of the molecule is Cc1ccccc1CN1CCN(C(=O)c2nccnc2C(=O)O)CC1. The number of piperazine rings is 1. The fraction of sp³-hybridized carbons (Fsp3) is 0.333. The van der Waals surface area contributed by atoms with E-state index in [2.05, 4.69) is 33.9 Å². The van der Waals surface area contributed by atoms with Crippen LogP contribution in [0.15, 0.2) is 36.7 Å². The second-order valence-corrected chi connectivity index (χ2v) is 6.05. The number of aryl methyl sites for hydroxylation is 1. The van der Waals surface area contributed by atoms with Gasteiger partial charge in [0.25, 0.3) is 5.91 Å². The average Bonchev–Trinajstić information content (AvgIpc) is 2.63. The Morgan fingerprint density at radius 2 is 1.68 bits per heavy atom. The number of rotatable bonds is 4. The molecular weight excluding hydrogens is 320 g/mol. The van der Waals surface area contributed by atoms with Crippen LogP contribution in [0, 0.1) is 6.92 Å². The summed E-state index contributed by atoms with van der Waals surface area (Å²) >= 11 is 0. The molecule has 1 aliphatic rings. The molecule has 1 amide bonds. The maximum Gasteiger partial charge on any atom is 0.356 e. The number of aromatic nitrogens is 2. The molecule has 1 aliphatic heterocycles. The van der Waals surface area contributed by atoms with Crippen LogP contribution in [0.3, 0.4) is 0 Å². The maximum absolute atomic E-state index is 12.6. The van der Waals surface area contributed by atoms with Crippen molar-refractivity contribution in [3.05, 3.63) is 59.2 Å². The van der Waals surface area contributed by atoms with Crippen LogP contribution in [0.1, 0.15) is 32.1 Å². The summed E-state index contributed by atoms with van der Waals surface area (Å²) in [6, 6.07) is 8.27. The Morgan fingerprint density at radius 3 is 2.32 bits per heavy atom. The van der Waals surface area contributed by atoms with Crippen LogP contribution < -0.4 is 0 Å². The smallest absolute Gasteiger partial charge is 0.356 e. The molecule has 0 radical (unpaired) electrons. The first-order chi connectivity index (χ1) is 12.1. The summed E-state index contributed by atoms with van der Waals surface area (Å²) in [4.78, 5) is 35.4. The fourth-order valence-corrected chi connectivity index (χ4v) is 2.94. The van der Waals surface area contributed by atoms with E-state index in [-0.39, 0.29) is 17.3 Å². The highest BCUT2D eigenvalue weighted by Crippen LogP contribution is 2.14. The number of amides is 1. The van der Waals surface area contributed by atoms with E-state index < -0.39 is 5.97 Å². The van der Waals surface area contributed by atoms with Crippen molar-refractivity contribution >= 4 is 11.9 Å². The zero-order valence-corrected chi connectivity index (χ0v) is 14.1. The van der Waals surface area contributed by atoms with Gasteiger partial charge in [0.15, 0.2) is 11.4 Å². The van der Waals surface area contributed by atoms with Gasteiger partial charge in [-0.1, -0.05) is 24.3 Å². The number of carbonyl (C=O) groups excluding carboxylic acids is 1. The first-order valence-electron chi connectivity index (χ1n) is 8.16. The van der Waals surface area contributed by atoms with E-state index in [4.69, 9.17) is 5.11 Å². The number of nitrogens with zero attached hydrogens (tertiary/aromatic N) is 4. The monoisotopic (exact) mass is 340 g/mol. The van der Waals surface area contributed by atoms with E-state index in [0.29, 0.717) is 13.1 Å². The maximum atomic E-state index is 12.6. The molecule has 1 aromatic carbocycles. The molecule has 0 aliphatic carbocycles. The minimum atomic E-state index is -1.24. The average molecular weight is 340 g/mol. The summed E-state index contributed by atoms with van der Waals surface area (Å²) in [5.74, 6) is -1.62. The van der Waals surface area contributed by atoms with Crippen LogP contribution >= 0.6 is 0 Å². The molecule has 0 atom stereocenters.